The molecule has 8 heteroatoms. The summed E-state index contributed by atoms with van der Waals surface area (Å²) in [6.07, 6.45) is 8.10. The third-order valence-corrected chi connectivity index (χ3v) is 6.28. The van der Waals surface area contributed by atoms with Crippen molar-refractivity contribution in [1.29, 1.82) is 0 Å². The van der Waals surface area contributed by atoms with Crippen molar-refractivity contribution in [2.24, 2.45) is 0 Å². The van der Waals surface area contributed by atoms with Gasteiger partial charge in [0, 0.05) is 6.04 Å². The van der Waals surface area contributed by atoms with E-state index in [4.69, 9.17) is 8.83 Å². The zero-order chi connectivity index (χ0) is 24.6. The second kappa shape index (κ2) is 11.6. The summed E-state index contributed by atoms with van der Waals surface area (Å²) >= 11 is 0. The molecular formula is C27H31N3O5. The third-order valence-electron chi connectivity index (χ3n) is 6.28. The monoisotopic (exact) mass is 477 g/mol. The van der Waals surface area contributed by atoms with Gasteiger partial charge in [-0.1, -0.05) is 49.1 Å². The Morgan fingerprint density at radius 3 is 2.34 bits per heavy atom. The molecule has 0 unspecified atom stereocenters. The van der Waals surface area contributed by atoms with Gasteiger partial charge in [-0.25, -0.2) is 0 Å². The van der Waals surface area contributed by atoms with Gasteiger partial charge in [0.25, 0.3) is 5.91 Å². The minimum atomic E-state index is -0.879. The summed E-state index contributed by atoms with van der Waals surface area (Å²) < 4.78 is 10.6. The fourth-order valence-corrected chi connectivity index (χ4v) is 4.39. The predicted molar refractivity (Wildman–Crippen MR) is 129 cm³/mol. The number of nitrogens with zero attached hydrogens (tertiary/aromatic N) is 1. The molecule has 0 saturated heterocycles. The number of rotatable bonds is 9. The van der Waals surface area contributed by atoms with Gasteiger partial charge in [0.05, 0.1) is 25.6 Å². The van der Waals surface area contributed by atoms with Crippen LogP contribution in [0.5, 0.6) is 0 Å². The molecule has 1 aromatic carbocycles. The number of nitrogens with one attached hydrogen (secondary N) is 2. The van der Waals surface area contributed by atoms with Crippen LogP contribution in [-0.2, 0) is 16.1 Å². The molecule has 2 heterocycles. The van der Waals surface area contributed by atoms with Crippen molar-refractivity contribution in [3.63, 3.8) is 0 Å². The van der Waals surface area contributed by atoms with Gasteiger partial charge >= 0.3 is 0 Å². The predicted octanol–water partition coefficient (Wildman–Crippen LogP) is 4.13. The molecule has 4 rings (SSSR count). The van der Waals surface area contributed by atoms with Crippen LogP contribution in [0.3, 0.4) is 0 Å². The highest BCUT2D eigenvalue weighted by Crippen LogP contribution is 2.26. The Morgan fingerprint density at radius 1 is 0.971 bits per heavy atom. The van der Waals surface area contributed by atoms with Crippen molar-refractivity contribution in [2.75, 3.05) is 6.54 Å². The van der Waals surface area contributed by atoms with Gasteiger partial charge in [0.2, 0.25) is 11.8 Å². The molecule has 2 N–H and O–H groups in total. The second-order valence-corrected chi connectivity index (χ2v) is 8.92. The number of hydrogen-bond acceptors (Lipinski definition) is 5. The van der Waals surface area contributed by atoms with Crippen LogP contribution in [-0.4, -0.2) is 35.2 Å². The first kappa shape index (κ1) is 24.3. The van der Waals surface area contributed by atoms with Crippen molar-refractivity contribution in [1.82, 2.24) is 15.5 Å². The minimum Gasteiger partial charge on any atom is -0.467 e. The lowest BCUT2D eigenvalue weighted by atomic mass is 9.94. The molecule has 0 radical (unpaired) electrons. The standard InChI is InChI=1S/C27H31N3O5/c1-19-11-13-20(14-12-19)25(27(33)29-21-7-3-2-4-8-21)30(18-22-9-5-15-34-22)24(31)17-28-26(32)23-10-6-16-35-23/h5-6,9-16,21,25H,2-4,7-8,17-18H2,1H3,(H,28,32)(H,29,33)/t25-/m1/s1. The molecule has 3 amide bonds. The Labute approximate surface area is 204 Å². The Balaban J connectivity index is 1.60. The summed E-state index contributed by atoms with van der Waals surface area (Å²) in [5, 5.41) is 5.76. The first-order valence-electron chi connectivity index (χ1n) is 12.0. The fraction of sp³-hybridized carbons (Fsp3) is 0.370. The van der Waals surface area contributed by atoms with E-state index in [2.05, 4.69) is 10.6 Å². The van der Waals surface area contributed by atoms with Crippen LogP contribution in [0.4, 0.5) is 0 Å². The van der Waals surface area contributed by atoms with E-state index >= 15 is 0 Å². The lowest BCUT2D eigenvalue weighted by Gasteiger charge is -2.33. The number of aryl methyl sites for hydroxylation is 1. The van der Waals surface area contributed by atoms with E-state index in [1.807, 2.05) is 31.2 Å². The smallest absolute Gasteiger partial charge is 0.287 e. The summed E-state index contributed by atoms with van der Waals surface area (Å²) in [6.45, 7) is 1.76. The zero-order valence-electron chi connectivity index (χ0n) is 19.9. The molecule has 3 aromatic rings. The van der Waals surface area contributed by atoms with Crippen LogP contribution in [0.15, 0.2) is 69.9 Å². The van der Waals surface area contributed by atoms with Gasteiger partial charge in [0.1, 0.15) is 11.8 Å². The molecule has 1 atom stereocenters. The van der Waals surface area contributed by atoms with E-state index in [1.165, 1.54) is 29.9 Å². The molecule has 1 aliphatic carbocycles. The van der Waals surface area contributed by atoms with E-state index in [1.54, 1.807) is 18.2 Å². The van der Waals surface area contributed by atoms with E-state index < -0.39 is 17.9 Å². The highest BCUT2D eigenvalue weighted by molar-refractivity contribution is 5.95. The molecule has 184 valence electrons. The van der Waals surface area contributed by atoms with Crippen molar-refractivity contribution >= 4 is 17.7 Å². The van der Waals surface area contributed by atoms with Crippen LogP contribution < -0.4 is 10.6 Å². The Morgan fingerprint density at radius 2 is 1.69 bits per heavy atom. The largest absolute Gasteiger partial charge is 0.467 e. The van der Waals surface area contributed by atoms with Crippen LogP contribution in [0.2, 0.25) is 0 Å². The highest BCUT2D eigenvalue weighted by atomic mass is 16.3. The molecule has 1 saturated carbocycles. The Hall–Kier alpha value is -3.81. The lowest BCUT2D eigenvalue weighted by molar-refractivity contribution is -0.141. The summed E-state index contributed by atoms with van der Waals surface area (Å²) in [5.74, 6) is -0.498. The minimum absolute atomic E-state index is 0.0824. The first-order valence-corrected chi connectivity index (χ1v) is 12.0. The summed E-state index contributed by atoms with van der Waals surface area (Å²) in [5.41, 5.74) is 1.75. The molecule has 1 fully saturated rings. The third kappa shape index (κ3) is 6.41. The number of hydrogen-bond donors (Lipinski definition) is 2. The van der Waals surface area contributed by atoms with E-state index in [9.17, 15) is 14.4 Å². The zero-order valence-corrected chi connectivity index (χ0v) is 19.9. The van der Waals surface area contributed by atoms with Gasteiger partial charge in [-0.15, -0.1) is 0 Å². The van der Waals surface area contributed by atoms with E-state index in [0.29, 0.717) is 11.3 Å². The number of carbonyl (C=O) groups is 3. The van der Waals surface area contributed by atoms with E-state index in [0.717, 1.165) is 31.2 Å². The molecule has 0 bridgehead atoms. The molecule has 2 aromatic heterocycles. The summed E-state index contributed by atoms with van der Waals surface area (Å²) in [4.78, 5) is 41.0. The van der Waals surface area contributed by atoms with Gasteiger partial charge < -0.3 is 24.4 Å². The maximum atomic E-state index is 13.7. The van der Waals surface area contributed by atoms with Crippen molar-refractivity contribution in [3.05, 3.63) is 83.7 Å². The van der Waals surface area contributed by atoms with Crippen molar-refractivity contribution in [2.45, 2.75) is 57.7 Å². The molecular weight excluding hydrogens is 446 g/mol. The quantitative estimate of drug-likeness (QED) is 0.482. The molecule has 0 aliphatic heterocycles. The normalized spacial score (nSPS) is 14.8. The van der Waals surface area contributed by atoms with Gasteiger partial charge in [-0.05, 0) is 49.6 Å². The molecule has 35 heavy (non-hydrogen) atoms. The molecule has 0 spiro atoms. The van der Waals surface area contributed by atoms with Crippen LogP contribution in [0.25, 0.3) is 0 Å². The molecule has 1 aliphatic rings. The number of carbonyl (C=O) groups excluding carboxylic acids is 3. The lowest BCUT2D eigenvalue weighted by Crippen LogP contribution is -2.49. The number of furan rings is 2. The second-order valence-electron chi connectivity index (χ2n) is 8.92. The van der Waals surface area contributed by atoms with Gasteiger partial charge in [-0.3, -0.25) is 14.4 Å². The SMILES string of the molecule is Cc1ccc([C@H](C(=O)NC2CCCCC2)N(Cc2ccco2)C(=O)CNC(=O)c2ccco2)cc1. The fourth-order valence-electron chi connectivity index (χ4n) is 4.39. The Bertz CT molecular complexity index is 1100. The summed E-state index contributed by atoms with van der Waals surface area (Å²) in [7, 11) is 0. The number of amides is 3. The van der Waals surface area contributed by atoms with Crippen LogP contribution in [0, 0.1) is 6.92 Å². The molecule has 8 nitrogen and oxygen atoms in total. The maximum absolute atomic E-state index is 13.7. The maximum Gasteiger partial charge on any atom is 0.287 e. The van der Waals surface area contributed by atoms with E-state index in [-0.39, 0.29) is 30.8 Å². The Kier molecular flexibility index (Phi) is 8.03. The average molecular weight is 478 g/mol. The van der Waals surface area contributed by atoms with Crippen LogP contribution in [0.1, 0.15) is 65.6 Å². The topological polar surface area (TPSA) is 105 Å². The highest BCUT2D eigenvalue weighted by Gasteiger charge is 2.33. The number of benzene rings is 1. The van der Waals surface area contributed by atoms with Gasteiger partial charge in [0.15, 0.2) is 5.76 Å². The van der Waals surface area contributed by atoms with Crippen LogP contribution >= 0.6 is 0 Å². The van der Waals surface area contributed by atoms with Crippen molar-refractivity contribution < 1.29 is 23.2 Å². The summed E-state index contributed by atoms with van der Waals surface area (Å²) in [6, 6.07) is 13.4. The van der Waals surface area contributed by atoms with Crippen molar-refractivity contribution in [3.8, 4) is 0 Å². The van der Waals surface area contributed by atoms with Gasteiger partial charge in [-0.2, -0.15) is 0 Å². The first-order chi connectivity index (χ1) is 17.0. The average Bonchev–Trinajstić information content (AvgIpc) is 3.58.